The zero-order valence-corrected chi connectivity index (χ0v) is 23.8. The molecule has 0 unspecified atom stereocenters. The predicted octanol–water partition coefficient (Wildman–Crippen LogP) is 4.15. The number of phenols is 1. The molecule has 2 saturated heterocycles. The van der Waals surface area contributed by atoms with Crippen LogP contribution in [0, 0.1) is 0 Å². The molecule has 0 spiro atoms. The van der Waals surface area contributed by atoms with Crippen molar-refractivity contribution in [3.63, 3.8) is 0 Å². The Kier molecular flexibility index (Phi) is 8.91. The number of hydrazine groups is 1. The van der Waals surface area contributed by atoms with Crippen LogP contribution >= 0.6 is 0 Å². The Hall–Kier alpha value is -4.84. The fourth-order valence-corrected chi connectivity index (χ4v) is 5.60. The van der Waals surface area contributed by atoms with Crippen LogP contribution in [-0.2, 0) is 35.3 Å². The lowest BCUT2D eigenvalue weighted by Crippen LogP contribution is -2.66. The number of hydrogen-bond acceptors (Lipinski definition) is 5. The molecule has 0 saturated carbocycles. The van der Waals surface area contributed by atoms with Gasteiger partial charge in [-0.05, 0) is 41.0 Å². The Bertz CT molecular complexity index is 1520. The molecule has 2 aliphatic rings. The Morgan fingerprint density at radius 1 is 1.00 bits per heavy atom. The summed E-state index contributed by atoms with van der Waals surface area (Å²) in [4.78, 5) is 43.7. The highest BCUT2D eigenvalue weighted by molar-refractivity contribution is 5.91. The summed E-state index contributed by atoms with van der Waals surface area (Å²) in [7, 11) is 0. The predicted molar refractivity (Wildman–Crippen MR) is 155 cm³/mol. The minimum Gasteiger partial charge on any atom is -0.508 e. The Labute approximate surface area is 252 Å². The minimum atomic E-state index is -4.55. The van der Waals surface area contributed by atoms with Crippen molar-refractivity contribution in [2.24, 2.45) is 0 Å². The number of aromatic hydroxyl groups is 1. The summed E-state index contributed by atoms with van der Waals surface area (Å²) in [5.41, 5.74) is 1.01. The number of halogens is 3. The van der Waals surface area contributed by atoms with Gasteiger partial charge in [0.05, 0.1) is 25.2 Å². The van der Waals surface area contributed by atoms with Crippen molar-refractivity contribution in [3.8, 4) is 5.75 Å². The van der Waals surface area contributed by atoms with Gasteiger partial charge in [-0.2, -0.15) is 18.2 Å². The summed E-state index contributed by atoms with van der Waals surface area (Å²) in [5, 5.41) is 15.5. The number of piperazine rings is 1. The number of nitrogens with zero attached hydrogens (tertiary/aromatic N) is 4. The molecule has 2 N–H and O–H groups in total. The lowest BCUT2D eigenvalue weighted by molar-refractivity contribution is -0.157. The zero-order chi connectivity index (χ0) is 31.4. The first-order valence-corrected chi connectivity index (χ1v) is 14.1. The second kappa shape index (κ2) is 12.8. The molecular formula is C32H32F3N5O4. The van der Waals surface area contributed by atoms with Gasteiger partial charge in [-0.3, -0.25) is 14.6 Å². The van der Waals surface area contributed by atoms with Crippen LogP contribution in [0.3, 0.4) is 0 Å². The molecule has 5 rings (SSSR count). The number of nitrogens with one attached hydrogen (secondary N) is 1. The van der Waals surface area contributed by atoms with E-state index in [-0.39, 0.29) is 56.4 Å². The highest BCUT2D eigenvalue weighted by Crippen LogP contribution is 2.32. The summed E-state index contributed by atoms with van der Waals surface area (Å²) in [5.74, 6) is -0.751. The lowest BCUT2D eigenvalue weighted by atomic mass is 9.99. The van der Waals surface area contributed by atoms with Crippen LogP contribution in [0.1, 0.15) is 22.3 Å². The van der Waals surface area contributed by atoms with Gasteiger partial charge < -0.3 is 20.2 Å². The summed E-state index contributed by atoms with van der Waals surface area (Å²) in [6, 6.07) is 18.9. The SMILES string of the molecule is C=CCN(C(=O)NCc1ccccc1)N1CC(=O)N2[C@@H](Cc3ccc(O)cc3)C(=O)N(Cc3cccc(C(F)(F)F)c3)C[C@@H]21. The molecule has 44 heavy (non-hydrogen) atoms. The van der Waals surface area contributed by atoms with E-state index < -0.39 is 35.9 Å². The number of urea groups is 1. The Morgan fingerprint density at radius 3 is 2.39 bits per heavy atom. The minimum absolute atomic E-state index is 0.0352. The molecule has 2 fully saturated rings. The summed E-state index contributed by atoms with van der Waals surface area (Å²) >= 11 is 0. The normalized spacial score (nSPS) is 18.7. The van der Waals surface area contributed by atoms with E-state index in [1.807, 2.05) is 30.3 Å². The maximum Gasteiger partial charge on any atom is 0.416 e. The molecule has 3 aromatic rings. The fourth-order valence-electron chi connectivity index (χ4n) is 5.60. The number of phenolic OH excluding ortho intramolecular Hbond substituents is 1. The second-order valence-corrected chi connectivity index (χ2v) is 10.7. The Balaban J connectivity index is 1.45. The smallest absolute Gasteiger partial charge is 0.416 e. The number of carbonyl (C=O) groups is 3. The highest BCUT2D eigenvalue weighted by Gasteiger charge is 2.52. The van der Waals surface area contributed by atoms with Gasteiger partial charge in [-0.25, -0.2) is 4.79 Å². The molecule has 2 heterocycles. The molecule has 0 radical (unpaired) electrons. The van der Waals surface area contributed by atoms with Crippen LogP contribution in [0.5, 0.6) is 5.75 Å². The first-order chi connectivity index (χ1) is 21.0. The van der Waals surface area contributed by atoms with Gasteiger partial charge in [0.2, 0.25) is 11.8 Å². The summed E-state index contributed by atoms with van der Waals surface area (Å²) < 4.78 is 40.3. The van der Waals surface area contributed by atoms with E-state index in [0.29, 0.717) is 5.56 Å². The summed E-state index contributed by atoms with van der Waals surface area (Å²) in [6.07, 6.45) is -3.68. The standard InChI is InChI=1S/C32H32F3N5O4/c1-2-15-38(31(44)36-18-23-7-4-3-5-8-23)39-21-29(42)40-27(17-22-11-13-26(41)14-12-22)30(43)37(20-28(39)40)19-24-9-6-10-25(16-24)32(33,34)35/h2-14,16,27-28,41H,1,15,17-21H2,(H,36,44)/t27-,28+/m0/s1. The van der Waals surface area contributed by atoms with E-state index >= 15 is 0 Å². The van der Waals surface area contributed by atoms with Gasteiger partial charge in [-0.1, -0.05) is 60.7 Å². The van der Waals surface area contributed by atoms with Crippen LogP contribution in [0.4, 0.5) is 18.0 Å². The van der Waals surface area contributed by atoms with Crippen molar-refractivity contribution in [3.05, 3.63) is 114 Å². The van der Waals surface area contributed by atoms with Crippen molar-refractivity contribution in [1.82, 2.24) is 25.1 Å². The quantitative estimate of drug-likeness (QED) is 0.357. The average molecular weight is 608 g/mol. The number of amides is 4. The van der Waals surface area contributed by atoms with Crippen LogP contribution in [0.15, 0.2) is 91.5 Å². The van der Waals surface area contributed by atoms with Crippen molar-refractivity contribution in [2.75, 3.05) is 19.6 Å². The lowest BCUT2D eigenvalue weighted by Gasteiger charge is -2.46. The Morgan fingerprint density at radius 2 is 1.70 bits per heavy atom. The number of hydrogen-bond donors (Lipinski definition) is 2. The molecule has 3 aromatic carbocycles. The second-order valence-electron chi connectivity index (χ2n) is 10.7. The summed E-state index contributed by atoms with van der Waals surface area (Å²) in [6.45, 7) is 3.73. The van der Waals surface area contributed by atoms with Crippen molar-refractivity contribution in [1.29, 1.82) is 0 Å². The van der Waals surface area contributed by atoms with Crippen molar-refractivity contribution in [2.45, 2.75) is 37.9 Å². The van der Waals surface area contributed by atoms with Crippen molar-refractivity contribution < 1.29 is 32.7 Å². The molecule has 9 nitrogen and oxygen atoms in total. The molecule has 0 aromatic heterocycles. The molecule has 0 aliphatic carbocycles. The number of benzene rings is 3. The van der Waals surface area contributed by atoms with Gasteiger partial charge in [0, 0.05) is 19.5 Å². The first-order valence-electron chi connectivity index (χ1n) is 14.1. The van der Waals surface area contributed by atoms with Gasteiger partial charge >= 0.3 is 12.2 Å². The van der Waals surface area contributed by atoms with Crippen LogP contribution in [-0.4, -0.2) is 74.6 Å². The number of carbonyl (C=O) groups excluding carboxylic acids is 3. The molecule has 230 valence electrons. The van der Waals surface area contributed by atoms with E-state index in [1.165, 1.54) is 45.2 Å². The van der Waals surface area contributed by atoms with Crippen molar-refractivity contribution >= 4 is 17.8 Å². The van der Waals surface area contributed by atoms with Gasteiger partial charge in [0.1, 0.15) is 18.0 Å². The highest BCUT2D eigenvalue weighted by atomic mass is 19.4. The van der Waals surface area contributed by atoms with Gasteiger partial charge in [0.15, 0.2) is 0 Å². The van der Waals surface area contributed by atoms with E-state index in [2.05, 4.69) is 11.9 Å². The first kappa shape index (κ1) is 30.6. The molecule has 12 heteroatoms. The topological polar surface area (TPSA) is 96.4 Å². The maximum atomic E-state index is 13.9. The molecule has 4 amide bonds. The average Bonchev–Trinajstić information content (AvgIpc) is 3.33. The van der Waals surface area contributed by atoms with E-state index in [4.69, 9.17) is 0 Å². The monoisotopic (exact) mass is 607 g/mol. The number of fused-ring (bicyclic) bond motifs is 1. The molecule has 0 bridgehead atoms. The molecule has 2 atom stereocenters. The molecular weight excluding hydrogens is 575 g/mol. The third-order valence-corrected chi connectivity index (χ3v) is 7.69. The third kappa shape index (κ3) is 6.70. The number of rotatable bonds is 9. The van der Waals surface area contributed by atoms with E-state index in [9.17, 15) is 32.7 Å². The maximum absolute atomic E-state index is 13.9. The molecule has 2 aliphatic heterocycles. The van der Waals surface area contributed by atoms with Crippen LogP contribution in [0.25, 0.3) is 0 Å². The zero-order valence-electron chi connectivity index (χ0n) is 23.8. The number of alkyl halides is 3. The van der Waals surface area contributed by atoms with Gasteiger partial charge in [0.25, 0.3) is 0 Å². The third-order valence-electron chi connectivity index (χ3n) is 7.69. The fraction of sp³-hybridized carbons (Fsp3) is 0.281. The van der Waals surface area contributed by atoms with E-state index in [0.717, 1.165) is 17.7 Å². The van der Waals surface area contributed by atoms with Crippen LogP contribution < -0.4 is 5.32 Å². The largest absolute Gasteiger partial charge is 0.508 e. The van der Waals surface area contributed by atoms with E-state index in [1.54, 1.807) is 17.1 Å². The van der Waals surface area contributed by atoms with Gasteiger partial charge in [-0.15, -0.1) is 6.58 Å². The van der Waals surface area contributed by atoms with Crippen LogP contribution in [0.2, 0.25) is 0 Å².